The zero-order chi connectivity index (χ0) is 8.97. The minimum Gasteiger partial charge on any atom is -0.319 e. The molecule has 1 saturated carbocycles. The van der Waals surface area contributed by atoms with E-state index in [9.17, 15) is 0 Å². The number of hydrogen-bond donors (Lipinski definition) is 1. The van der Waals surface area contributed by atoms with Gasteiger partial charge in [0.15, 0.2) is 0 Å². The first kappa shape index (κ1) is 9.79. The molecule has 0 radical (unpaired) electrons. The molecule has 1 N–H and O–H groups in total. The quantitative estimate of drug-likeness (QED) is 0.600. The fourth-order valence-electron chi connectivity index (χ4n) is 1.83. The van der Waals surface area contributed by atoms with E-state index in [1.54, 1.807) is 0 Å². The van der Waals surface area contributed by atoms with E-state index in [0.717, 1.165) is 24.8 Å². The zero-order valence-electron chi connectivity index (χ0n) is 8.40. The summed E-state index contributed by atoms with van der Waals surface area (Å²) in [7, 11) is 2.00. The maximum absolute atomic E-state index is 4.10. The largest absolute Gasteiger partial charge is 0.319 e. The molecular formula is C11H21N. The monoisotopic (exact) mass is 167 g/mol. The second-order valence-electron chi connectivity index (χ2n) is 3.97. The van der Waals surface area contributed by atoms with Crippen molar-refractivity contribution >= 4 is 0 Å². The smallest absolute Gasteiger partial charge is 0.00147 e. The Labute approximate surface area is 76.2 Å². The van der Waals surface area contributed by atoms with Crippen molar-refractivity contribution in [1.82, 2.24) is 5.32 Å². The average Bonchev–Trinajstić information content (AvgIpc) is 2.80. The summed E-state index contributed by atoms with van der Waals surface area (Å²) in [6, 6.07) is 0. The third-order valence-corrected chi connectivity index (χ3v) is 2.87. The molecule has 12 heavy (non-hydrogen) atoms. The van der Waals surface area contributed by atoms with Gasteiger partial charge < -0.3 is 5.32 Å². The summed E-state index contributed by atoms with van der Waals surface area (Å²) in [5.74, 6) is 2.01. The molecule has 0 aromatic carbocycles. The molecule has 1 nitrogen and oxygen atoms in total. The van der Waals surface area contributed by atoms with Gasteiger partial charge in [-0.25, -0.2) is 0 Å². The van der Waals surface area contributed by atoms with Gasteiger partial charge in [0.25, 0.3) is 0 Å². The highest BCUT2D eigenvalue weighted by Crippen LogP contribution is 2.45. The lowest BCUT2D eigenvalue weighted by Gasteiger charge is -2.03. The van der Waals surface area contributed by atoms with Crippen LogP contribution >= 0.6 is 0 Å². The van der Waals surface area contributed by atoms with E-state index in [4.69, 9.17) is 0 Å². The molecule has 70 valence electrons. The molecule has 0 bridgehead atoms. The summed E-state index contributed by atoms with van der Waals surface area (Å²) in [4.78, 5) is 0. The van der Waals surface area contributed by atoms with E-state index in [-0.39, 0.29) is 0 Å². The van der Waals surface area contributed by atoms with Gasteiger partial charge in [0, 0.05) is 0 Å². The maximum atomic E-state index is 4.10. The topological polar surface area (TPSA) is 12.0 Å². The molecule has 0 amide bonds. The van der Waals surface area contributed by atoms with Gasteiger partial charge in [0.05, 0.1) is 0 Å². The average molecular weight is 167 g/mol. The highest BCUT2D eigenvalue weighted by atomic mass is 14.8. The summed E-state index contributed by atoms with van der Waals surface area (Å²) < 4.78 is 0. The van der Waals surface area contributed by atoms with Crippen molar-refractivity contribution in [2.24, 2.45) is 11.8 Å². The third kappa shape index (κ3) is 2.98. The lowest BCUT2D eigenvalue weighted by atomic mass is 10.1. The standard InChI is InChI=1S/C11H21N/c1-4-10-8-11(10)7-9(2)5-6-12-3/h10-12H,2,4-8H2,1,3H3. The Bertz CT molecular complexity index is 151. The second kappa shape index (κ2) is 4.66. The molecule has 0 saturated heterocycles. The van der Waals surface area contributed by atoms with Crippen LogP contribution < -0.4 is 5.32 Å². The number of rotatable bonds is 6. The normalized spacial score (nSPS) is 27.2. The molecule has 0 spiro atoms. The van der Waals surface area contributed by atoms with Crippen LogP contribution in [0.5, 0.6) is 0 Å². The van der Waals surface area contributed by atoms with E-state index < -0.39 is 0 Å². The van der Waals surface area contributed by atoms with Gasteiger partial charge in [0.2, 0.25) is 0 Å². The Balaban J connectivity index is 2.04. The Morgan fingerprint density at radius 1 is 1.50 bits per heavy atom. The van der Waals surface area contributed by atoms with Gasteiger partial charge >= 0.3 is 0 Å². The summed E-state index contributed by atoms with van der Waals surface area (Å²) >= 11 is 0. The highest BCUT2D eigenvalue weighted by Gasteiger charge is 2.34. The van der Waals surface area contributed by atoms with Crippen LogP contribution in [0.2, 0.25) is 0 Å². The summed E-state index contributed by atoms with van der Waals surface area (Å²) in [5.41, 5.74) is 1.44. The van der Waals surface area contributed by atoms with Crippen molar-refractivity contribution in [1.29, 1.82) is 0 Å². The maximum Gasteiger partial charge on any atom is -0.00147 e. The van der Waals surface area contributed by atoms with Crippen LogP contribution in [0.1, 0.15) is 32.6 Å². The van der Waals surface area contributed by atoms with E-state index in [1.165, 1.54) is 24.8 Å². The molecule has 2 unspecified atom stereocenters. The van der Waals surface area contributed by atoms with Crippen molar-refractivity contribution in [3.63, 3.8) is 0 Å². The van der Waals surface area contributed by atoms with Crippen LogP contribution in [0, 0.1) is 11.8 Å². The van der Waals surface area contributed by atoms with E-state index in [0.29, 0.717) is 0 Å². The highest BCUT2D eigenvalue weighted by molar-refractivity contribution is 5.01. The number of hydrogen-bond acceptors (Lipinski definition) is 1. The fourth-order valence-corrected chi connectivity index (χ4v) is 1.83. The predicted molar refractivity (Wildman–Crippen MR) is 54.2 cm³/mol. The van der Waals surface area contributed by atoms with Crippen molar-refractivity contribution in [2.45, 2.75) is 32.6 Å². The van der Waals surface area contributed by atoms with Gasteiger partial charge in [-0.05, 0) is 44.7 Å². The van der Waals surface area contributed by atoms with Crippen LogP contribution in [0.3, 0.4) is 0 Å². The molecule has 1 rings (SSSR count). The zero-order valence-corrected chi connectivity index (χ0v) is 8.40. The minimum absolute atomic E-state index is 0.986. The van der Waals surface area contributed by atoms with E-state index in [1.807, 2.05) is 7.05 Å². The lowest BCUT2D eigenvalue weighted by Crippen LogP contribution is -2.08. The molecule has 0 aliphatic heterocycles. The Morgan fingerprint density at radius 2 is 2.25 bits per heavy atom. The van der Waals surface area contributed by atoms with E-state index >= 15 is 0 Å². The van der Waals surface area contributed by atoms with Gasteiger partial charge in [0.1, 0.15) is 0 Å². The molecule has 1 aliphatic rings. The van der Waals surface area contributed by atoms with Crippen LogP contribution in [0.25, 0.3) is 0 Å². The summed E-state index contributed by atoms with van der Waals surface area (Å²) in [6.07, 6.45) is 5.25. The van der Waals surface area contributed by atoms with Crippen molar-refractivity contribution in [3.8, 4) is 0 Å². The van der Waals surface area contributed by atoms with Crippen LogP contribution in [-0.4, -0.2) is 13.6 Å². The third-order valence-electron chi connectivity index (χ3n) is 2.87. The van der Waals surface area contributed by atoms with Crippen LogP contribution in [-0.2, 0) is 0 Å². The predicted octanol–water partition coefficient (Wildman–Crippen LogP) is 2.59. The fraction of sp³-hybridized carbons (Fsp3) is 0.818. The van der Waals surface area contributed by atoms with Gasteiger partial charge in [-0.15, -0.1) is 0 Å². The molecule has 1 aliphatic carbocycles. The Morgan fingerprint density at radius 3 is 2.75 bits per heavy atom. The first-order valence-corrected chi connectivity index (χ1v) is 5.09. The summed E-state index contributed by atoms with van der Waals surface area (Å²) in [6.45, 7) is 7.48. The molecule has 1 heteroatoms. The van der Waals surface area contributed by atoms with Crippen molar-refractivity contribution < 1.29 is 0 Å². The SMILES string of the molecule is C=C(CCNC)CC1CC1CC. The molecule has 1 fully saturated rings. The Hall–Kier alpha value is -0.300. The molecule has 0 heterocycles. The van der Waals surface area contributed by atoms with E-state index in [2.05, 4.69) is 18.8 Å². The minimum atomic E-state index is 0.986. The molecule has 2 atom stereocenters. The molecule has 0 aromatic rings. The van der Waals surface area contributed by atoms with Gasteiger partial charge in [-0.2, -0.15) is 0 Å². The number of nitrogens with one attached hydrogen (secondary N) is 1. The van der Waals surface area contributed by atoms with Crippen molar-refractivity contribution in [3.05, 3.63) is 12.2 Å². The molecular weight excluding hydrogens is 146 g/mol. The van der Waals surface area contributed by atoms with Crippen molar-refractivity contribution in [2.75, 3.05) is 13.6 Å². The lowest BCUT2D eigenvalue weighted by molar-refractivity contribution is 0.652. The Kier molecular flexibility index (Phi) is 3.80. The van der Waals surface area contributed by atoms with Crippen LogP contribution in [0.15, 0.2) is 12.2 Å². The first-order chi connectivity index (χ1) is 5.77. The van der Waals surface area contributed by atoms with Gasteiger partial charge in [-0.1, -0.05) is 25.5 Å². The summed E-state index contributed by atoms with van der Waals surface area (Å²) in [5, 5.41) is 3.16. The molecule has 0 aromatic heterocycles. The van der Waals surface area contributed by atoms with Gasteiger partial charge in [-0.3, -0.25) is 0 Å². The first-order valence-electron chi connectivity index (χ1n) is 5.09. The van der Waals surface area contributed by atoms with Crippen LogP contribution in [0.4, 0.5) is 0 Å². The second-order valence-corrected chi connectivity index (χ2v) is 3.97.